The first-order chi connectivity index (χ1) is 11.0. The van der Waals surface area contributed by atoms with Crippen molar-refractivity contribution < 1.29 is 14.3 Å². The largest absolute Gasteiger partial charge is 0.457 e. The summed E-state index contributed by atoms with van der Waals surface area (Å²) < 4.78 is 5.67. The lowest BCUT2D eigenvalue weighted by Gasteiger charge is -2.07. The summed E-state index contributed by atoms with van der Waals surface area (Å²) in [5, 5.41) is 2.73. The van der Waals surface area contributed by atoms with Crippen molar-refractivity contribution in [3.8, 4) is 11.5 Å². The first-order valence-corrected chi connectivity index (χ1v) is 8.06. The highest BCUT2D eigenvalue weighted by atomic mass is 35.5. The standard InChI is InChI=1S/C16H9Cl2NO3S/c17-12-6-5-11(8-13(12)18)22-10-3-1-9(2-4-10)7-14-15(20)19-16(21)23-14/h1-8H,(H,19,20,21)/b14-7-. The topological polar surface area (TPSA) is 55.4 Å². The molecule has 0 aromatic heterocycles. The maximum Gasteiger partial charge on any atom is 0.290 e. The number of carbonyl (C=O) groups is 2. The minimum atomic E-state index is -0.379. The Morgan fingerprint density at radius 2 is 1.65 bits per heavy atom. The van der Waals surface area contributed by atoms with Crippen LogP contribution in [0.3, 0.4) is 0 Å². The lowest BCUT2D eigenvalue weighted by Crippen LogP contribution is -2.17. The third kappa shape index (κ3) is 3.88. The minimum Gasteiger partial charge on any atom is -0.457 e. The van der Waals surface area contributed by atoms with E-state index in [4.69, 9.17) is 27.9 Å². The summed E-state index contributed by atoms with van der Waals surface area (Å²) in [7, 11) is 0. The molecule has 1 N–H and O–H groups in total. The molecule has 2 aromatic rings. The van der Waals surface area contributed by atoms with Crippen LogP contribution in [0.2, 0.25) is 10.0 Å². The van der Waals surface area contributed by atoms with Crippen molar-refractivity contribution in [2.75, 3.05) is 0 Å². The summed E-state index contributed by atoms with van der Waals surface area (Å²) in [5.74, 6) is 0.808. The van der Waals surface area contributed by atoms with Gasteiger partial charge in [-0.3, -0.25) is 14.9 Å². The Balaban J connectivity index is 1.74. The van der Waals surface area contributed by atoms with E-state index in [1.807, 2.05) is 0 Å². The van der Waals surface area contributed by atoms with E-state index in [0.29, 0.717) is 26.4 Å². The Labute approximate surface area is 146 Å². The van der Waals surface area contributed by atoms with Crippen molar-refractivity contribution in [2.24, 2.45) is 0 Å². The van der Waals surface area contributed by atoms with E-state index in [2.05, 4.69) is 5.32 Å². The molecule has 0 bridgehead atoms. The van der Waals surface area contributed by atoms with Crippen LogP contribution >= 0.6 is 35.0 Å². The predicted molar refractivity (Wildman–Crippen MR) is 92.1 cm³/mol. The third-order valence-corrected chi connectivity index (χ3v) is 4.50. The molecular formula is C16H9Cl2NO3S. The average Bonchev–Trinajstić information content (AvgIpc) is 2.83. The van der Waals surface area contributed by atoms with Gasteiger partial charge in [-0.25, -0.2) is 0 Å². The molecule has 3 rings (SSSR count). The quantitative estimate of drug-likeness (QED) is 0.767. The summed E-state index contributed by atoms with van der Waals surface area (Å²) in [5.41, 5.74) is 0.791. The van der Waals surface area contributed by atoms with Crippen LogP contribution in [-0.2, 0) is 4.79 Å². The molecule has 116 valence electrons. The molecule has 0 atom stereocenters. The summed E-state index contributed by atoms with van der Waals surface area (Å²) in [6.45, 7) is 0. The summed E-state index contributed by atoms with van der Waals surface area (Å²) in [6, 6.07) is 12.1. The highest BCUT2D eigenvalue weighted by Gasteiger charge is 2.24. The van der Waals surface area contributed by atoms with E-state index in [1.54, 1.807) is 48.5 Å². The zero-order valence-corrected chi connectivity index (χ0v) is 13.8. The van der Waals surface area contributed by atoms with Gasteiger partial charge in [-0.1, -0.05) is 35.3 Å². The van der Waals surface area contributed by atoms with Crippen molar-refractivity contribution in [2.45, 2.75) is 0 Å². The smallest absolute Gasteiger partial charge is 0.290 e. The molecule has 23 heavy (non-hydrogen) atoms. The van der Waals surface area contributed by atoms with E-state index in [0.717, 1.165) is 17.3 Å². The van der Waals surface area contributed by atoms with Crippen LogP contribution in [0.15, 0.2) is 47.4 Å². The van der Waals surface area contributed by atoms with Crippen molar-refractivity contribution in [3.05, 3.63) is 63.0 Å². The number of rotatable bonds is 3. The zero-order valence-electron chi connectivity index (χ0n) is 11.5. The molecule has 4 nitrogen and oxygen atoms in total. The number of hydrogen-bond donors (Lipinski definition) is 1. The van der Waals surface area contributed by atoms with Gasteiger partial charge >= 0.3 is 0 Å². The number of benzene rings is 2. The fourth-order valence-electron chi connectivity index (χ4n) is 1.88. The number of thioether (sulfide) groups is 1. The van der Waals surface area contributed by atoms with Gasteiger partial charge in [0.25, 0.3) is 11.1 Å². The summed E-state index contributed by atoms with van der Waals surface area (Å²) in [4.78, 5) is 23.0. The van der Waals surface area contributed by atoms with E-state index >= 15 is 0 Å². The molecule has 0 unspecified atom stereocenters. The van der Waals surface area contributed by atoms with Crippen LogP contribution in [0.25, 0.3) is 6.08 Å². The monoisotopic (exact) mass is 365 g/mol. The number of ether oxygens (including phenoxy) is 1. The normalized spacial score (nSPS) is 15.8. The van der Waals surface area contributed by atoms with E-state index in [1.165, 1.54) is 0 Å². The molecule has 0 radical (unpaired) electrons. The number of carbonyl (C=O) groups excluding carboxylic acids is 2. The van der Waals surface area contributed by atoms with Gasteiger partial charge in [0.2, 0.25) is 0 Å². The molecule has 0 spiro atoms. The molecular weight excluding hydrogens is 357 g/mol. The van der Waals surface area contributed by atoms with Gasteiger partial charge in [-0.2, -0.15) is 0 Å². The zero-order chi connectivity index (χ0) is 16.4. The fourth-order valence-corrected chi connectivity index (χ4v) is 2.85. The van der Waals surface area contributed by atoms with Gasteiger partial charge in [0, 0.05) is 6.07 Å². The van der Waals surface area contributed by atoms with Crippen molar-refractivity contribution >= 4 is 52.2 Å². The number of amides is 2. The van der Waals surface area contributed by atoms with Crippen molar-refractivity contribution in [1.29, 1.82) is 0 Å². The summed E-state index contributed by atoms with van der Waals surface area (Å²) >= 11 is 12.7. The lowest BCUT2D eigenvalue weighted by molar-refractivity contribution is -0.115. The number of nitrogens with one attached hydrogen (secondary N) is 1. The Kier molecular flexibility index (Phi) is 4.61. The van der Waals surface area contributed by atoms with Gasteiger partial charge in [-0.15, -0.1) is 0 Å². The number of hydrogen-bond acceptors (Lipinski definition) is 4. The first kappa shape index (κ1) is 15.9. The van der Waals surface area contributed by atoms with Gasteiger partial charge in [0.05, 0.1) is 15.0 Å². The molecule has 7 heteroatoms. The molecule has 0 saturated carbocycles. The molecule has 1 aliphatic heterocycles. The second-order valence-corrected chi connectivity index (χ2v) is 6.43. The van der Waals surface area contributed by atoms with Crippen LogP contribution < -0.4 is 10.1 Å². The molecule has 1 heterocycles. The Morgan fingerprint density at radius 1 is 0.957 bits per heavy atom. The van der Waals surface area contributed by atoms with Gasteiger partial charge in [0.1, 0.15) is 11.5 Å². The predicted octanol–water partition coefficient (Wildman–Crippen LogP) is 5.11. The summed E-state index contributed by atoms with van der Waals surface area (Å²) in [6.07, 6.45) is 1.65. The van der Waals surface area contributed by atoms with Crippen LogP contribution in [0.4, 0.5) is 4.79 Å². The maximum atomic E-state index is 11.5. The Hall–Kier alpha value is -1.95. The van der Waals surface area contributed by atoms with E-state index < -0.39 is 0 Å². The molecule has 1 aliphatic rings. The van der Waals surface area contributed by atoms with Crippen molar-refractivity contribution in [3.63, 3.8) is 0 Å². The minimum absolute atomic E-state index is 0.360. The van der Waals surface area contributed by atoms with Crippen LogP contribution in [0, 0.1) is 0 Å². The van der Waals surface area contributed by atoms with E-state index in [-0.39, 0.29) is 11.1 Å². The van der Waals surface area contributed by atoms with E-state index in [9.17, 15) is 9.59 Å². The lowest BCUT2D eigenvalue weighted by atomic mass is 10.2. The SMILES string of the molecule is O=C1NC(=O)/C(=C/c2ccc(Oc3ccc(Cl)c(Cl)c3)cc2)S1. The number of halogens is 2. The second-order valence-electron chi connectivity index (χ2n) is 4.60. The molecule has 1 saturated heterocycles. The first-order valence-electron chi connectivity index (χ1n) is 6.49. The Morgan fingerprint density at radius 3 is 2.26 bits per heavy atom. The van der Waals surface area contributed by atoms with Crippen LogP contribution in [-0.4, -0.2) is 11.1 Å². The fraction of sp³-hybridized carbons (Fsp3) is 0. The second kappa shape index (κ2) is 6.66. The molecule has 0 aliphatic carbocycles. The van der Waals surface area contributed by atoms with Crippen molar-refractivity contribution in [1.82, 2.24) is 5.32 Å². The average molecular weight is 366 g/mol. The maximum absolute atomic E-state index is 11.5. The molecule has 2 amide bonds. The van der Waals surface area contributed by atoms with Crippen LogP contribution in [0.1, 0.15) is 5.56 Å². The highest BCUT2D eigenvalue weighted by Crippen LogP contribution is 2.30. The van der Waals surface area contributed by atoms with Crippen LogP contribution in [0.5, 0.6) is 11.5 Å². The van der Waals surface area contributed by atoms with Gasteiger partial charge < -0.3 is 4.74 Å². The Bertz CT molecular complexity index is 819. The molecule has 1 fully saturated rings. The van der Waals surface area contributed by atoms with Gasteiger partial charge in [-0.05, 0) is 47.7 Å². The van der Waals surface area contributed by atoms with Gasteiger partial charge in [0.15, 0.2) is 0 Å². The number of imide groups is 1. The third-order valence-electron chi connectivity index (χ3n) is 2.95. The highest BCUT2D eigenvalue weighted by molar-refractivity contribution is 8.18. The molecule has 2 aromatic carbocycles.